The van der Waals surface area contributed by atoms with Crippen LogP contribution in [-0.4, -0.2) is 52.0 Å². The van der Waals surface area contributed by atoms with E-state index in [-0.39, 0.29) is 22.6 Å². The molecule has 0 atom stereocenters. The van der Waals surface area contributed by atoms with Crippen molar-refractivity contribution in [3.8, 4) is 11.5 Å². The molecule has 0 spiro atoms. The topological polar surface area (TPSA) is 84.9 Å². The van der Waals surface area contributed by atoms with Crippen molar-refractivity contribution < 1.29 is 22.7 Å². The molecule has 35 heavy (non-hydrogen) atoms. The van der Waals surface area contributed by atoms with E-state index in [2.05, 4.69) is 32.2 Å². The highest BCUT2D eigenvalue weighted by Crippen LogP contribution is 2.31. The van der Waals surface area contributed by atoms with Crippen LogP contribution in [0.2, 0.25) is 0 Å². The van der Waals surface area contributed by atoms with Gasteiger partial charge in [0.2, 0.25) is 15.9 Å². The van der Waals surface area contributed by atoms with Gasteiger partial charge in [0, 0.05) is 19.5 Å². The molecule has 0 aromatic heterocycles. The fourth-order valence-electron chi connectivity index (χ4n) is 4.27. The summed E-state index contributed by atoms with van der Waals surface area (Å²) in [6.45, 7) is 8.26. The highest BCUT2D eigenvalue weighted by Gasteiger charge is 2.26. The molecule has 2 aromatic rings. The fourth-order valence-corrected chi connectivity index (χ4v) is 5.83. The summed E-state index contributed by atoms with van der Waals surface area (Å²) in [7, 11) is -2.00. The van der Waals surface area contributed by atoms with Gasteiger partial charge >= 0.3 is 0 Å². The van der Waals surface area contributed by atoms with Gasteiger partial charge in [-0.1, -0.05) is 45.4 Å². The predicted molar refractivity (Wildman–Crippen MR) is 138 cm³/mol. The van der Waals surface area contributed by atoms with E-state index >= 15 is 0 Å². The number of amides is 1. The number of aryl methyl sites for hydroxylation is 1. The van der Waals surface area contributed by atoms with Crippen molar-refractivity contribution in [3.05, 3.63) is 53.6 Å². The van der Waals surface area contributed by atoms with Gasteiger partial charge in [-0.15, -0.1) is 0 Å². The van der Waals surface area contributed by atoms with Gasteiger partial charge in [-0.25, -0.2) is 8.42 Å². The van der Waals surface area contributed by atoms with Crippen LogP contribution in [-0.2, 0) is 26.7 Å². The Balaban J connectivity index is 1.54. The first kappa shape index (κ1) is 27.0. The van der Waals surface area contributed by atoms with Gasteiger partial charge in [0.05, 0.1) is 18.6 Å². The largest absolute Gasteiger partial charge is 0.496 e. The number of para-hydroxylation sites is 1. The zero-order valence-corrected chi connectivity index (χ0v) is 22.1. The van der Waals surface area contributed by atoms with Crippen LogP contribution in [0.4, 0.5) is 0 Å². The van der Waals surface area contributed by atoms with Crippen molar-refractivity contribution in [3.63, 3.8) is 0 Å². The Kier molecular flexibility index (Phi) is 9.19. The van der Waals surface area contributed by atoms with Crippen LogP contribution in [0.25, 0.3) is 0 Å². The predicted octanol–water partition coefficient (Wildman–Crippen LogP) is 4.30. The van der Waals surface area contributed by atoms with Gasteiger partial charge in [0.1, 0.15) is 18.1 Å². The number of benzene rings is 2. The molecule has 192 valence electrons. The van der Waals surface area contributed by atoms with Gasteiger partial charge < -0.3 is 14.8 Å². The van der Waals surface area contributed by atoms with E-state index in [1.165, 1.54) is 0 Å². The molecule has 0 radical (unpaired) electrons. The van der Waals surface area contributed by atoms with Gasteiger partial charge in [0.25, 0.3) is 0 Å². The first-order chi connectivity index (χ1) is 16.6. The Hall–Kier alpha value is -2.58. The molecule has 1 heterocycles. The smallest absolute Gasteiger partial charge is 0.243 e. The molecule has 8 heteroatoms. The molecule has 0 aliphatic carbocycles. The number of carbonyl (C=O) groups excluding carboxylic acids is 1. The summed E-state index contributed by atoms with van der Waals surface area (Å²) in [5.74, 6) is 1.28. The van der Waals surface area contributed by atoms with E-state index in [1.807, 2.05) is 18.2 Å². The van der Waals surface area contributed by atoms with Gasteiger partial charge in [-0.3, -0.25) is 4.79 Å². The highest BCUT2D eigenvalue weighted by atomic mass is 32.2. The first-order valence-electron chi connectivity index (χ1n) is 12.3. The molecule has 1 saturated heterocycles. The second-order valence-electron chi connectivity index (χ2n) is 9.88. The molecule has 0 bridgehead atoms. The molecule has 7 nitrogen and oxygen atoms in total. The maximum atomic E-state index is 13.0. The van der Waals surface area contributed by atoms with Gasteiger partial charge in [0.15, 0.2) is 0 Å². The van der Waals surface area contributed by atoms with Crippen molar-refractivity contribution in [2.45, 2.75) is 63.2 Å². The third-order valence-electron chi connectivity index (χ3n) is 6.20. The van der Waals surface area contributed by atoms with Crippen LogP contribution in [0.5, 0.6) is 11.5 Å². The lowest BCUT2D eigenvalue weighted by atomic mass is 9.86. The number of ether oxygens (including phenoxy) is 2. The SMILES string of the molecule is COc1ccc(S(=O)(=O)N2CCCCC2)cc1CCC(=O)NCCOc1ccccc1C(C)(C)C. The molecule has 1 aliphatic rings. The number of methoxy groups -OCH3 is 1. The molecule has 0 saturated carbocycles. The monoisotopic (exact) mass is 502 g/mol. The molecular weight excluding hydrogens is 464 g/mol. The minimum atomic E-state index is -3.55. The summed E-state index contributed by atoms with van der Waals surface area (Å²) in [5.41, 5.74) is 1.79. The van der Waals surface area contributed by atoms with Crippen LogP contribution < -0.4 is 14.8 Å². The van der Waals surface area contributed by atoms with Crippen LogP contribution in [0.1, 0.15) is 57.6 Å². The Morgan fingerprint density at radius 3 is 2.43 bits per heavy atom. The Morgan fingerprint density at radius 2 is 1.74 bits per heavy atom. The summed E-state index contributed by atoms with van der Waals surface area (Å²) in [6.07, 6.45) is 3.43. The zero-order valence-electron chi connectivity index (χ0n) is 21.3. The third-order valence-corrected chi connectivity index (χ3v) is 8.10. The Bertz CT molecular complexity index is 1100. The zero-order chi connectivity index (χ0) is 25.5. The van der Waals surface area contributed by atoms with Crippen molar-refractivity contribution >= 4 is 15.9 Å². The Labute approximate surface area is 209 Å². The number of nitrogens with one attached hydrogen (secondary N) is 1. The molecule has 1 aliphatic heterocycles. The van der Waals surface area contributed by atoms with E-state index in [4.69, 9.17) is 9.47 Å². The van der Waals surface area contributed by atoms with Crippen LogP contribution in [0.15, 0.2) is 47.4 Å². The second-order valence-corrected chi connectivity index (χ2v) is 11.8. The number of sulfonamides is 1. The third kappa shape index (κ3) is 7.21. The summed E-state index contributed by atoms with van der Waals surface area (Å²) >= 11 is 0. The summed E-state index contributed by atoms with van der Waals surface area (Å²) in [6, 6.07) is 12.8. The van der Waals surface area contributed by atoms with Crippen LogP contribution >= 0.6 is 0 Å². The molecule has 1 N–H and O–H groups in total. The van der Waals surface area contributed by atoms with E-state index in [1.54, 1.807) is 29.6 Å². The normalized spacial score (nSPS) is 15.0. The molecule has 1 fully saturated rings. The summed E-state index contributed by atoms with van der Waals surface area (Å²) < 4.78 is 39.0. The fraction of sp³-hybridized carbons (Fsp3) is 0.519. The van der Waals surface area contributed by atoms with E-state index in [0.29, 0.717) is 44.0 Å². The molecule has 2 aromatic carbocycles. The lowest BCUT2D eigenvalue weighted by molar-refractivity contribution is -0.121. The Morgan fingerprint density at radius 1 is 1.03 bits per heavy atom. The minimum absolute atomic E-state index is 0.0328. The van der Waals surface area contributed by atoms with Gasteiger partial charge in [-0.2, -0.15) is 4.31 Å². The van der Waals surface area contributed by atoms with Gasteiger partial charge in [-0.05, 0) is 60.1 Å². The molecule has 3 rings (SSSR count). The average molecular weight is 503 g/mol. The molecule has 1 amide bonds. The highest BCUT2D eigenvalue weighted by molar-refractivity contribution is 7.89. The minimum Gasteiger partial charge on any atom is -0.496 e. The van der Waals surface area contributed by atoms with Crippen LogP contribution in [0, 0.1) is 0 Å². The average Bonchev–Trinajstić information content (AvgIpc) is 2.85. The van der Waals surface area contributed by atoms with E-state index in [0.717, 1.165) is 30.6 Å². The summed E-state index contributed by atoms with van der Waals surface area (Å²) in [4.78, 5) is 12.7. The standard InChI is InChI=1S/C27H38N2O5S/c1-27(2,3)23-10-6-7-11-25(23)34-19-16-28-26(30)15-12-21-20-22(13-14-24(21)33-4)35(31,32)29-17-8-5-9-18-29/h6-7,10-11,13-14,20H,5,8-9,12,15-19H2,1-4H3,(H,28,30). The number of nitrogens with zero attached hydrogens (tertiary/aromatic N) is 1. The number of piperidine rings is 1. The summed E-state index contributed by atoms with van der Waals surface area (Å²) in [5, 5.41) is 2.88. The second kappa shape index (κ2) is 11.9. The molecular formula is C27H38N2O5S. The number of hydrogen-bond acceptors (Lipinski definition) is 5. The number of hydrogen-bond donors (Lipinski definition) is 1. The first-order valence-corrected chi connectivity index (χ1v) is 13.7. The maximum absolute atomic E-state index is 13.0. The van der Waals surface area contributed by atoms with E-state index in [9.17, 15) is 13.2 Å². The van der Waals surface area contributed by atoms with Crippen molar-refractivity contribution in [2.75, 3.05) is 33.4 Å². The number of rotatable bonds is 10. The van der Waals surface area contributed by atoms with E-state index < -0.39 is 10.0 Å². The molecule has 0 unspecified atom stereocenters. The quantitative estimate of drug-likeness (QED) is 0.490. The van der Waals surface area contributed by atoms with Crippen LogP contribution in [0.3, 0.4) is 0 Å². The van der Waals surface area contributed by atoms with Crippen molar-refractivity contribution in [1.82, 2.24) is 9.62 Å². The lowest BCUT2D eigenvalue weighted by Gasteiger charge is -2.26. The maximum Gasteiger partial charge on any atom is 0.243 e. The number of carbonyl (C=O) groups is 1. The van der Waals surface area contributed by atoms with Crippen molar-refractivity contribution in [1.29, 1.82) is 0 Å². The lowest BCUT2D eigenvalue weighted by Crippen LogP contribution is -2.35. The van der Waals surface area contributed by atoms with Crippen molar-refractivity contribution in [2.24, 2.45) is 0 Å².